The summed E-state index contributed by atoms with van der Waals surface area (Å²) in [6, 6.07) is 89.8. The van der Waals surface area contributed by atoms with E-state index in [4.69, 9.17) is 0 Å². The van der Waals surface area contributed by atoms with Gasteiger partial charge in [-0.05, 0) is 155 Å². The lowest BCUT2D eigenvalue weighted by Crippen LogP contribution is -2.72. The standard InChI is InChI=1S/C66H51NSi/c1-44-39-47(66(4)60-29-14-9-24-54(60)55-25-10-15-30-61(55)66)42-50(40-44)67(48-36-33-45(34-37-48)46-35-38-56-53-23-8-13-28-59(53)65(2,3)62(56)41-46)49-19-18-22-52(43-49)68(51-20-6-5-7-21-51)63-31-16-11-26-57(63)58-27-12-17-32-64(58)68/h5-43H,1-4H3. The topological polar surface area (TPSA) is 3.24 Å². The van der Waals surface area contributed by atoms with E-state index < -0.39 is 8.07 Å². The van der Waals surface area contributed by atoms with Gasteiger partial charge in [0.1, 0.15) is 0 Å². The lowest BCUT2D eigenvalue weighted by molar-refractivity contribution is 0.660. The molecule has 1 aliphatic heterocycles. The Morgan fingerprint density at radius 1 is 0.338 bits per heavy atom. The predicted octanol–water partition coefficient (Wildman–Crippen LogP) is 14.1. The van der Waals surface area contributed by atoms with E-state index in [1.165, 1.54) is 98.6 Å². The second-order valence-electron chi connectivity index (χ2n) is 19.8. The van der Waals surface area contributed by atoms with Crippen LogP contribution in [0.5, 0.6) is 0 Å². The highest BCUT2D eigenvalue weighted by Gasteiger charge is 2.49. The van der Waals surface area contributed by atoms with Crippen LogP contribution >= 0.6 is 0 Å². The molecule has 2 heteroatoms. The maximum atomic E-state index is 2.52. The van der Waals surface area contributed by atoms with Gasteiger partial charge in [-0.15, -0.1) is 0 Å². The number of aryl methyl sites for hydroxylation is 1. The molecule has 1 heterocycles. The van der Waals surface area contributed by atoms with Gasteiger partial charge in [-0.25, -0.2) is 0 Å². The first kappa shape index (κ1) is 40.5. The Morgan fingerprint density at radius 2 is 0.853 bits per heavy atom. The molecule has 3 aliphatic rings. The molecule has 0 atom stereocenters. The summed E-state index contributed by atoms with van der Waals surface area (Å²) in [5, 5.41) is 5.67. The average Bonchev–Trinajstić information content (AvgIpc) is 3.93. The molecule has 10 aromatic rings. The fourth-order valence-electron chi connectivity index (χ4n) is 12.7. The van der Waals surface area contributed by atoms with Crippen molar-refractivity contribution in [2.75, 3.05) is 4.90 Å². The fourth-order valence-corrected chi connectivity index (χ4v) is 17.9. The Kier molecular flexibility index (Phi) is 9.00. The van der Waals surface area contributed by atoms with Gasteiger partial charge in [-0.2, -0.15) is 0 Å². The SMILES string of the molecule is Cc1cc(N(c2ccc(-c3ccc4c(c3)C(C)(C)c3ccccc3-4)cc2)c2cccc([Si]3(c4ccccc4)c4ccccc4-c4ccccc43)c2)cc(C2(C)c3ccccc3-c3ccccc32)c1. The first-order valence-corrected chi connectivity index (χ1v) is 26.1. The van der Waals surface area contributed by atoms with E-state index in [9.17, 15) is 0 Å². The van der Waals surface area contributed by atoms with E-state index in [1.807, 2.05) is 0 Å². The number of rotatable bonds is 7. The summed E-state index contributed by atoms with van der Waals surface area (Å²) < 4.78 is 0. The van der Waals surface area contributed by atoms with Crippen LogP contribution in [-0.4, -0.2) is 8.07 Å². The van der Waals surface area contributed by atoms with Crippen LogP contribution in [0.3, 0.4) is 0 Å². The van der Waals surface area contributed by atoms with Crippen molar-refractivity contribution in [1.82, 2.24) is 0 Å². The van der Waals surface area contributed by atoms with Gasteiger partial charge in [-0.3, -0.25) is 0 Å². The minimum atomic E-state index is -2.76. The van der Waals surface area contributed by atoms with E-state index in [2.05, 4.69) is 269 Å². The van der Waals surface area contributed by atoms with Crippen LogP contribution in [0.4, 0.5) is 17.1 Å². The van der Waals surface area contributed by atoms with Crippen molar-refractivity contribution in [3.05, 3.63) is 270 Å². The smallest absolute Gasteiger partial charge is 0.180 e. The summed E-state index contributed by atoms with van der Waals surface area (Å²) in [5.41, 5.74) is 21.5. The van der Waals surface area contributed by atoms with Gasteiger partial charge < -0.3 is 4.90 Å². The van der Waals surface area contributed by atoms with Gasteiger partial charge in [0.05, 0.1) is 0 Å². The van der Waals surface area contributed by atoms with Crippen LogP contribution < -0.4 is 25.6 Å². The molecule has 0 aromatic heterocycles. The Balaban J connectivity index is 1.01. The predicted molar refractivity (Wildman–Crippen MR) is 289 cm³/mol. The van der Waals surface area contributed by atoms with Gasteiger partial charge in [0.15, 0.2) is 8.07 Å². The Bertz CT molecular complexity index is 3540. The van der Waals surface area contributed by atoms with E-state index in [0.29, 0.717) is 0 Å². The molecule has 0 saturated heterocycles. The Labute approximate surface area is 401 Å². The molecule has 0 bridgehead atoms. The fraction of sp³-hybridized carbons (Fsp3) is 0.0909. The second-order valence-corrected chi connectivity index (χ2v) is 23.6. The Hall–Kier alpha value is -7.78. The normalized spacial score (nSPS) is 14.8. The highest BCUT2D eigenvalue weighted by molar-refractivity contribution is 7.22. The minimum absolute atomic E-state index is 0.0652. The number of nitrogens with zero attached hydrogens (tertiary/aromatic N) is 1. The average molecular weight is 886 g/mol. The third kappa shape index (κ3) is 5.74. The summed E-state index contributed by atoms with van der Waals surface area (Å²) in [5.74, 6) is 0. The zero-order chi connectivity index (χ0) is 45.8. The van der Waals surface area contributed by atoms with Crippen molar-refractivity contribution < 1.29 is 0 Å². The summed E-state index contributed by atoms with van der Waals surface area (Å²) >= 11 is 0. The van der Waals surface area contributed by atoms with E-state index in [0.717, 1.165) is 17.1 Å². The van der Waals surface area contributed by atoms with Crippen molar-refractivity contribution in [3.63, 3.8) is 0 Å². The molecule has 0 fully saturated rings. The van der Waals surface area contributed by atoms with E-state index in [1.54, 1.807) is 0 Å². The van der Waals surface area contributed by atoms with Crippen molar-refractivity contribution in [2.45, 2.75) is 38.5 Å². The van der Waals surface area contributed by atoms with Crippen LogP contribution in [0.15, 0.2) is 237 Å². The maximum Gasteiger partial charge on any atom is 0.180 e. The molecule has 0 N–H and O–H groups in total. The van der Waals surface area contributed by atoms with Crippen LogP contribution in [-0.2, 0) is 10.8 Å². The quantitative estimate of drug-likeness (QED) is 0.144. The summed E-state index contributed by atoms with van der Waals surface area (Å²) in [6.07, 6.45) is 0. The van der Waals surface area contributed by atoms with Crippen molar-refractivity contribution >= 4 is 45.9 Å². The molecule has 0 unspecified atom stereocenters. The van der Waals surface area contributed by atoms with Gasteiger partial charge in [0, 0.05) is 27.9 Å². The number of hydrogen-bond donors (Lipinski definition) is 0. The second kappa shape index (κ2) is 15.1. The number of anilines is 3. The largest absolute Gasteiger partial charge is 0.310 e. The van der Waals surface area contributed by atoms with Gasteiger partial charge in [0.2, 0.25) is 0 Å². The molecule has 0 amide bonds. The van der Waals surface area contributed by atoms with Crippen molar-refractivity contribution in [2.24, 2.45) is 0 Å². The van der Waals surface area contributed by atoms with Crippen LogP contribution in [0, 0.1) is 6.92 Å². The zero-order valence-electron chi connectivity index (χ0n) is 39.0. The Morgan fingerprint density at radius 3 is 1.50 bits per heavy atom. The number of hydrogen-bond acceptors (Lipinski definition) is 1. The molecule has 1 nitrogen and oxygen atoms in total. The molecular weight excluding hydrogens is 835 g/mol. The number of fused-ring (bicyclic) bond motifs is 9. The first-order valence-electron chi connectivity index (χ1n) is 24.1. The molecule has 68 heavy (non-hydrogen) atoms. The maximum absolute atomic E-state index is 2.76. The summed E-state index contributed by atoms with van der Waals surface area (Å²) in [6.45, 7) is 9.42. The molecule has 13 rings (SSSR count). The lowest BCUT2D eigenvalue weighted by atomic mass is 9.74. The summed E-state index contributed by atoms with van der Waals surface area (Å²) in [4.78, 5) is 2.52. The molecule has 2 aliphatic carbocycles. The number of benzene rings is 10. The molecule has 0 radical (unpaired) electrons. The molecular formula is C66H51NSi. The first-order chi connectivity index (χ1) is 33.3. The zero-order valence-corrected chi connectivity index (χ0v) is 40.0. The minimum Gasteiger partial charge on any atom is -0.310 e. The van der Waals surface area contributed by atoms with Crippen LogP contribution in [0.1, 0.15) is 54.2 Å². The van der Waals surface area contributed by atoms with Crippen molar-refractivity contribution in [1.29, 1.82) is 0 Å². The summed E-state index contributed by atoms with van der Waals surface area (Å²) in [7, 11) is -2.76. The van der Waals surface area contributed by atoms with Gasteiger partial charge >= 0.3 is 0 Å². The third-order valence-corrected chi connectivity index (χ3v) is 20.7. The van der Waals surface area contributed by atoms with Crippen LogP contribution in [0.2, 0.25) is 0 Å². The lowest BCUT2D eigenvalue weighted by Gasteiger charge is -2.34. The van der Waals surface area contributed by atoms with Crippen LogP contribution in [0.25, 0.3) is 44.5 Å². The third-order valence-electron chi connectivity index (χ3n) is 15.9. The monoisotopic (exact) mass is 885 g/mol. The van der Waals surface area contributed by atoms with E-state index >= 15 is 0 Å². The van der Waals surface area contributed by atoms with Crippen molar-refractivity contribution in [3.8, 4) is 44.5 Å². The van der Waals surface area contributed by atoms with Gasteiger partial charge in [-0.1, -0.05) is 208 Å². The molecule has 0 spiro atoms. The molecule has 10 aromatic carbocycles. The molecule has 324 valence electrons. The highest BCUT2D eigenvalue weighted by Crippen LogP contribution is 2.54. The highest BCUT2D eigenvalue weighted by atomic mass is 28.3. The van der Waals surface area contributed by atoms with Gasteiger partial charge in [0.25, 0.3) is 0 Å². The molecule has 0 saturated carbocycles. The van der Waals surface area contributed by atoms with E-state index in [-0.39, 0.29) is 10.8 Å².